The number of phenolic OH excluding ortho intramolecular Hbond substituents is 1. The fraction of sp³-hybridized carbons (Fsp3) is 0.600. The van der Waals surface area contributed by atoms with Crippen LogP contribution in [0.15, 0.2) is 18.2 Å². The van der Waals surface area contributed by atoms with E-state index in [1.165, 1.54) is 26.4 Å². The van der Waals surface area contributed by atoms with Crippen molar-refractivity contribution in [1.82, 2.24) is 0 Å². The van der Waals surface area contributed by atoms with Gasteiger partial charge in [0.15, 0.2) is 11.5 Å². The Labute approximate surface area is 114 Å². The summed E-state index contributed by atoms with van der Waals surface area (Å²) in [4.78, 5) is 0. The van der Waals surface area contributed by atoms with E-state index in [0.717, 1.165) is 18.4 Å². The average molecular weight is 265 g/mol. The van der Waals surface area contributed by atoms with Gasteiger partial charge in [0, 0.05) is 0 Å². The summed E-state index contributed by atoms with van der Waals surface area (Å²) in [5, 5.41) is 20.1. The molecular formula is C15H23NO3. The van der Waals surface area contributed by atoms with E-state index in [0.29, 0.717) is 5.75 Å². The van der Waals surface area contributed by atoms with Crippen molar-refractivity contribution in [2.24, 2.45) is 11.7 Å². The van der Waals surface area contributed by atoms with E-state index < -0.39 is 12.1 Å². The molecule has 0 amide bonds. The Morgan fingerprint density at radius 1 is 1.26 bits per heavy atom. The topological polar surface area (TPSA) is 75.7 Å². The van der Waals surface area contributed by atoms with Gasteiger partial charge in [-0.25, -0.2) is 0 Å². The molecule has 4 nitrogen and oxygen atoms in total. The maximum Gasteiger partial charge on any atom is 0.160 e. The van der Waals surface area contributed by atoms with Crippen LogP contribution < -0.4 is 10.5 Å². The van der Waals surface area contributed by atoms with Crippen molar-refractivity contribution >= 4 is 0 Å². The Morgan fingerprint density at radius 2 is 1.95 bits per heavy atom. The van der Waals surface area contributed by atoms with Gasteiger partial charge < -0.3 is 20.7 Å². The summed E-state index contributed by atoms with van der Waals surface area (Å²) in [7, 11) is 1.51. The maximum atomic E-state index is 10.4. The highest BCUT2D eigenvalue weighted by molar-refractivity contribution is 5.42. The third kappa shape index (κ3) is 3.19. The number of phenols is 1. The number of ether oxygens (including phenoxy) is 1. The van der Waals surface area contributed by atoms with Crippen LogP contribution in [0.4, 0.5) is 0 Å². The first kappa shape index (κ1) is 14.2. The minimum absolute atomic E-state index is 0.0614. The molecule has 106 valence electrons. The van der Waals surface area contributed by atoms with Gasteiger partial charge in [-0.1, -0.05) is 25.3 Å². The van der Waals surface area contributed by atoms with Crippen molar-refractivity contribution < 1.29 is 14.9 Å². The molecule has 19 heavy (non-hydrogen) atoms. The Balaban J connectivity index is 2.09. The maximum absolute atomic E-state index is 10.4. The Morgan fingerprint density at radius 3 is 2.53 bits per heavy atom. The summed E-state index contributed by atoms with van der Waals surface area (Å²) >= 11 is 0. The van der Waals surface area contributed by atoms with E-state index in [-0.39, 0.29) is 11.7 Å². The predicted molar refractivity (Wildman–Crippen MR) is 74.2 cm³/mol. The zero-order chi connectivity index (χ0) is 13.8. The van der Waals surface area contributed by atoms with E-state index in [9.17, 15) is 10.2 Å². The van der Waals surface area contributed by atoms with Gasteiger partial charge in [-0.3, -0.25) is 0 Å². The molecule has 1 saturated carbocycles. The smallest absolute Gasteiger partial charge is 0.160 e. The second-order valence-corrected chi connectivity index (χ2v) is 5.35. The quantitative estimate of drug-likeness (QED) is 0.781. The largest absolute Gasteiger partial charge is 0.504 e. The first-order valence-electron chi connectivity index (χ1n) is 6.94. The molecule has 1 aromatic rings. The molecule has 1 aliphatic carbocycles. The van der Waals surface area contributed by atoms with Crippen molar-refractivity contribution in [3.8, 4) is 11.5 Å². The van der Waals surface area contributed by atoms with Gasteiger partial charge in [0.05, 0.1) is 19.3 Å². The van der Waals surface area contributed by atoms with Crippen LogP contribution in [0.3, 0.4) is 0 Å². The van der Waals surface area contributed by atoms with Crippen LogP contribution in [-0.2, 0) is 0 Å². The Bertz CT molecular complexity index is 416. The highest BCUT2D eigenvalue weighted by Gasteiger charge is 2.27. The number of methoxy groups -OCH3 is 1. The van der Waals surface area contributed by atoms with Crippen LogP contribution in [0, 0.1) is 5.92 Å². The normalized spacial score (nSPS) is 19.9. The number of hydrogen-bond acceptors (Lipinski definition) is 4. The average Bonchev–Trinajstić information content (AvgIpc) is 2.46. The molecule has 2 atom stereocenters. The molecule has 0 bridgehead atoms. The van der Waals surface area contributed by atoms with Gasteiger partial charge in [-0.2, -0.15) is 0 Å². The highest BCUT2D eigenvalue weighted by Crippen LogP contribution is 2.34. The lowest BCUT2D eigenvalue weighted by Gasteiger charge is -2.30. The number of hydrogen-bond donors (Lipinski definition) is 3. The Kier molecular flexibility index (Phi) is 4.66. The number of benzene rings is 1. The molecule has 0 spiro atoms. The molecule has 0 saturated heterocycles. The molecule has 1 fully saturated rings. The SMILES string of the molecule is COc1ccc([C@@H](N)[C@@H](O)C2CCCCC2)cc1O. The van der Waals surface area contributed by atoms with Gasteiger partial charge in [0.25, 0.3) is 0 Å². The van der Waals surface area contributed by atoms with Crippen molar-refractivity contribution in [2.45, 2.75) is 44.2 Å². The number of nitrogens with two attached hydrogens (primary N) is 1. The predicted octanol–water partition coefficient (Wildman–Crippen LogP) is 2.34. The minimum Gasteiger partial charge on any atom is -0.504 e. The number of aromatic hydroxyl groups is 1. The molecule has 1 aliphatic rings. The lowest BCUT2D eigenvalue weighted by Crippen LogP contribution is -2.34. The van der Waals surface area contributed by atoms with Crippen molar-refractivity contribution in [2.75, 3.05) is 7.11 Å². The lowest BCUT2D eigenvalue weighted by molar-refractivity contribution is 0.0617. The molecule has 2 rings (SSSR count). The highest BCUT2D eigenvalue weighted by atomic mass is 16.5. The second-order valence-electron chi connectivity index (χ2n) is 5.35. The van der Waals surface area contributed by atoms with E-state index >= 15 is 0 Å². The molecule has 0 radical (unpaired) electrons. The zero-order valence-electron chi connectivity index (χ0n) is 11.4. The van der Waals surface area contributed by atoms with Crippen LogP contribution in [0.1, 0.15) is 43.7 Å². The summed E-state index contributed by atoms with van der Waals surface area (Å²) in [6.45, 7) is 0. The summed E-state index contributed by atoms with van der Waals surface area (Å²) in [5.41, 5.74) is 6.87. The number of aliphatic hydroxyl groups excluding tert-OH is 1. The lowest BCUT2D eigenvalue weighted by atomic mass is 9.81. The van der Waals surface area contributed by atoms with Gasteiger partial charge >= 0.3 is 0 Å². The molecule has 0 aliphatic heterocycles. The molecule has 4 heteroatoms. The first-order chi connectivity index (χ1) is 9.13. The standard InChI is InChI=1S/C15H23NO3/c1-19-13-8-7-11(9-12(13)17)14(16)15(18)10-5-3-2-4-6-10/h7-10,14-15,17-18H,2-6,16H2,1H3/t14-,15+/m1/s1. The summed E-state index contributed by atoms with van der Waals surface area (Å²) in [6, 6.07) is 4.60. The first-order valence-corrected chi connectivity index (χ1v) is 6.94. The van der Waals surface area contributed by atoms with Crippen LogP contribution in [0.2, 0.25) is 0 Å². The molecule has 0 unspecified atom stereocenters. The fourth-order valence-corrected chi connectivity index (χ4v) is 2.88. The van der Waals surface area contributed by atoms with Crippen LogP contribution in [0.25, 0.3) is 0 Å². The number of rotatable bonds is 4. The second kappa shape index (κ2) is 6.26. The molecule has 0 heterocycles. The number of aliphatic hydroxyl groups is 1. The van der Waals surface area contributed by atoms with Gasteiger partial charge in [-0.15, -0.1) is 0 Å². The summed E-state index contributed by atoms with van der Waals surface area (Å²) < 4.78 is 5.00. The van der Waals surface area contributed by atoms with Crippen LogP contribution in [-0.4, -0.2) is 23.4 Å². The fourth-order valence-electron chi connectivity index (χ4n) is 2.88. The van der Waals surface area contributed by atoms with E-state index in [2.05, 4.69) is 0 Å². The van der Waals surface area contributed by atoms with Gasteiger partial charge in [0.1, 0.15) is 0 Å². The molecule has 4 N–H and O–H groups in total. The van der Waals surface area contributed by atoms with Crippen molar-refractivity contribution in [3.63, 3.8) is 0 Å². The van der Waals surface area contributed by atoms with Crippen LogP contribution in [0.5, 0.6) is 11.5 Å². The Hall–Kier alpha value is -1.26. The molecular weight excluding hydrogens is 242 g/mol. The monoisotopic (exact) mass is 265 g/mol. The van der Waals surface area contributed by atoms with E-state index in [1.54, 1.807) is 18.2 Å². The van der Waals surface area contributed by atoms with Crippen molar-refractivity contribution in [3.05, 3.63) is 23.8 Å². The summed E-state index contributed by atoms with van der Waals surface area (Å²) in [5.74, 6) is 0.752. The third-order valence-corrected chi connectivity index (χ3v) is 4.09. The summed E-state index contributed by atoms with van der Waals surface area (Å²) in [6.07, 6.45) is 5.12. The molecule has 0 aromatic heterocycles. The molecule has 1 aromatic carbocycles. The van der Waals surface area contributed by atoms with Crippen molar-refractivity contribution in [1.29, 1.82) is 0 Å². The third-order valence-electron chi connectivity index (χ3n) is 4.09. The minimum atomic E-state index is -0.548. The van der Waals surface area contributed by atoms with Crippen LogP contribution >= 0.6 is 0 Å². The zero-order valence-corrected chi connectivity index (χ0v) is 11.4. The van der Waals surface area contributed by atoms with Gasteiger partial charge in [0.2, 0.25) is 0 Å². The van der Waals surface area contributed by atoms with Gasteiger partial charge in [-0.05, 0) is 36.5 Å². The van der Waals surface area contributed by atoms with E-state index in [1.807, 2.05) is 0 Å². The van der Waals surface area contributed by atoms with E-state index in [4.69, 9.17) is 10.5 Å².